The summed E-state index contributed by atoms with van der Waals surface area (Å²) in [6.45, 7) is 1.77. The summed E-state index contributed by atoms with van der Waals surface area (Å²) in [7, 11) is -3.32. The van der Waals surface area contributed by atoms with E-state index in [9.17, 15) is 18.3 Å². The quantitative estimate of drug-likeness (QED) is 0.859. The maximum atomic E-state index is 12.2. The zero-order valence-electron chi connectivity index (χ0n) is 13.4. The summed E-state index contributed by atoms with van der Waals surface area (Å²) in [5, 5.41) is 11.1. The Labute approximate surface area is 140 Å². The van der Waals surface area contributed by atoms with Crippen LogP contribution in [0.5, 0.6) is 0 Å². The molecule has 24 heavy (non-hydrogen) atoms. The third-order valence-electron chi connectivity index (χ3n) is 4.34. The number of hydrogen-bond donors (Lipinski definition) is 1. The third kappa shape index (κ3) is 2.83. The van der Waals surface area contributed by atoms with Gasteiger partial charge >= 0.3 is 5.97 Å². The second-order valence-corrected chi connectivity index (χ2v) is 8.19. The number of aliphatic hydroxyl groups is 1. The summed E-state index contributed by atoms with van der Waals surface area (Å²) in [6.07, 6.45) is 1.12. The molecule has 0 amide bonds. The highest BCUT2D eigenvalue weighted by Crippen LogP contribution is 2.43. The topological polar surface area (TPSA) is 80.7 Å². The number of ether oxygens (including phenoxy) is 1. The molecule has 126 valence electrons. The maximum Gasteiger partial charge on any atom is 0.317 e. The fraction of sp³-hybridized carbons (Fsp3) is 0.278. The number of benzene rings is 2. The number of sulfone groups is 1. The Bertz CT molecular complexity index is 869. The molecule has 1 aliphatic rings. The lowest BCUT2D eigenvalue weighted by Crippen LogP contribution is -2.33. The van der Waals surface area contributed by atoms with Gasteiger partial charge in [0.05, 0.1) is 4.90 Å². The molecular weight excluding hydrogens is 328 g/mol. The van der Waals surface area contributed by atoms with Gasteiger partial charge in [0.2, 0.25) is 0 Å². The first-order valence-corrected chi connectivity index (χ1v) is 9.37. The molecule has 1 heterocycles. The van der Waals surface area contributed by atoms with Crippen LogP contribution < -0.4 is 0 Å². The predicted octanol–water partition coefficient (Wildman–Crippen LogP) is 1.93. The number of rotatable bonds is 3. The highest BCUT2D eigenvalue weighted by molar-refractivity contribution is 7.90. The van der Waals surface area contributed by atoms with Crippen LogP contribution in [0.4, 0.5) is 0 Å². The lowest BCUT2D eigenvalue weighted by molar-refractivity contribution is -0.139. The summed E-state index contributed by atoms with van der Waals surface area (Å²) >= 11 is 0. The fourth-order valence-electron chi connectivity index (χ4n) is 2.95. The van der Waals surface area contributed by atoms with E-state index in [1.54, 1.807) is 12.1 Å². The Morgan fingerprint density at radius 3 is 2.21 bits per heavy atom. The van der Waals surface area contributed by atoms with Crippen molar-refractivity contribution in [2.24, 2.45) is 0 Å². The molecular formula is C18H18O5S. The van der Waals surface area contributed by atoms with Crippen molar-refractivity contribution in [3.63, 3.8) is 0 Å². The van der Waals surface area contributed by atoms with E-state index in [-0.39, 0.29) is 11.5 Å². The molecule has 1 aliphatic heterocycles. The van der Waals surface area contributed by atoms with Crippen LogP contribution >= 0.6 is 0 Å². The predicted molar refractivity (Wildman–Crippen MR) is 88.3 cm³/mol. The fourth-order valence-corrected chi connectivity index (χ4v) is 3.58. The van der Waals surface area contributed by atoms with E-state index in [1.165, 1.54) is 24.3 Å². The number of cyclic esters (lactones) is 1. The minimum Gasteiger partial charge on any atom is -0.462 e. The Morgan fingerprint density at radius 1 is 1.08 bits per heavy atom. The number of esters is 1. The van der Waals surface area contributed by atoms with Crippen LogP contribution in [-0.4, -0.2) is 32.4 Å². The molecule has 3 rings (SSSR count). The molecule has 0 saturated carbocycles. The van der Waals surface area contributed by atoms with E-state index < -0.39 is 27.3 Å². The number of carbonyl (C=O) groups is 1. The summed E-state index contributed by atoms with van der Waals surface area (Å²) < 4.78 is 28.3. The van der Waals surface area contributed by atoms with Crippen LogP contribution in [0.25, 0.3) is 0 Å². The number of hydrogen-bond acceptors (Lipinski definition) is 5. The van der Waals surface area contributed by atoms with Gasteiger partial charge in [-0.15, -0.1) is 0 Å². The van der Waals surface area contributed by atoms with E-state index >= 15 is 0 Å². The molecule has 1 saturated heterocycles. The van der Waals surface area contributed by atoms with Gasteiger partial charge in [0.25, 0.3) is 0 Å². The van der Waals surface area contributed by atoms with Crippen molar-refractivity contribution in [1.82, 2.24) is 0 Å². The van der Waals surface area contributed by atoms with Crippen molar-refractivity contribution < 1.29 is 23.1 Å². The van der Waals surface area contributed by atoms with Crippen LogP contribution in [0.3, 0.4) is 0 Å². The van der Waals surface area contributed by atoms with Crippen LogP contribution in [0.1, 0.15) is 22.6 Å². The first kappa shape index (κ1) is 16.7. The van der Waals surface area contributed by atoms with Gasteiger partial charge in [-0.05, 0) is 30.2 Å². The molecule has 0 bridgehead atoms. The normalized spacial score (nSPS) is 24.0. The maximum absolute atomic E-state index is 12.2. The SMILES string of the molecule is Cc1ccc(C2C(=O)OCC2(O)c2ccc(S(C)(=O)=O)cc2)cc1. The highest BCUT2D eigenvalue weighted by atomic mass is 32.2. The molecule has 2 aromatic carbocycles. The molecule has 2 aromatic rings. The molecule has 2 unspecified atom stereocenters. The Balaban J connectivity index is 2.04. The number of aryl methyl sites for hydroxylation is 1. The number of carbonyl (C=O) groups excluding carboxylic acids is 1. The summed E-state index contributed by atoms with van der Waals surface area (Å²) in [6, 6.07) is 13.2. The Morgan fingerprint density at radius 2 is 1.67 bits per heavy atom. The van der Waals surface area contributed by atoms with Gasteiger partial charge in [-0.25, -0.2) is 8.42 Å². The van der Waals surface area contributed by atoms with Gasteiger partial charge in [-0.2, -0.15) is 0 Å². The molecule has 0 aromatic heterocycles. The molecule has 0 spiro atoms. The third-order valence-corrected chi connectivity index (χ3v) is 5.47. The Kier molecular flexibility index (Phi) is 3.97. The smallest absolute Gasteiger partial charge is 0.317 e. The highest BCUT2D eigenvalue weighted by Gasteiger charge is 2.51. The van der Waals surface area contributed by atoms with E-state index in [1.807, 2.05) is 19.1 Å². The molecule has 2 atom stereocenters. The average Bonchev–Trinajstić information content (AvgIpc) is 2.84. The summed E-state index contributed by atoms with van der Waals surface area (Å²) in [5.41, 5.74) is 0.637. The molecule has 1 fully saturated rings. The van der Waals surface area contributed by atoms with E-state index in [4.69, 9.17) is 4.74 Å². The zero-order chi connectivity index (χ0) is 17.5. The monoisotopic (exact) mass is 346 g/mol. The van der Waals surface area contributed by atoms with Crippen molar-refractivity contribution in [2.45, 2.75) is 23.3 Å². The summed E-state index contributed by atoms with van der Waals surface area (Å²) in [5.74, 6) is -1.34. The van der Waals surface area contributed by atoms with E-state index in [2.05, 4.69) is 0 Å². The van der Waals surface area contributed by atoms with Crippen LogP contribution in [-0.2, 0) is 25.0 Å². The lowest BCUT2D eigenvalue weighted by Gasteiger charge is -2.27. The first-order valence-electron chi connectivity index (χ1n) is 7.48. The molecule has 5 nitrogen and oxygen atoms in total. The van der Waals surface area contributed by atoms with E-state index in [0.29, 0.717) is 11.1 Å². The minimum atomic E-state index is -3.32. The largest absolute Gasteiger partial charge is 0.462 e. The van der Waals surface area contributed by atoms with Gasteiger partial charge < -0.3 is 9.84 Å². The molecule has 1 N–H and O–H groups in total. The van der Waals surface area contributed by atoms with Gasteiger partial charge in [0.15, 0.2) is 9.84 Å². The van der Waals surface area contributed by atoms with Gasteiger partial charge in [-0.3, -0.25) is 4.79 Å². The van der Waals surface area contributed by atoms with Crippen molar-refractivity contribution >= 4 is 15.8 Å². The first-order chi connectivity index (χ1) is 11.2. The lowest BCUT2D eigenvalue weighted by atomic mass is 9.79. The average molecular weight is 346 g/mol. The van der Waals surface area contributed by atoms with Crippen LogP contribution in [0, 0.1) is 6.92 Å². The molecule has 0 radical (unpaired) electrons. The Hall–Kier alpha value is -2.18. The van der Waals surface area contributed by atoms with Crippen molar-refractivity contribution in [3.05, 3.63) is 65.2 Å². The van der Waals surface area contributed by atoms with Gasteiger partial charge in [-0.1, -0.05) is 42.0 Å². The van der Waals surface area contributed by atoms with E-state index in [0.717, 1.165) is 11.8 Å². The van der Waals surface area contributed by atoms with Gasteiger partial charge in [0.1, 0.15) is 18.1 Å². The van der Waals surface area contributed by atoms with Crippen LogP contribution in [0.15, 0.2) is 53.4 Å². The molecule has 0 aliphatic carbocycles. The summed E-state index contributed by atoms with van der Waals surface area (Å²) in [4.78, 5) is 12.4. The molecule has 6 heteroatoms. The van der Waals surface area contributed by atoms with Crippen molar-refractivity contribution in [1.29, 1.82) is 0 Å². The second kappa shape index (κ2) is 5.72. The van der Waals surface area contributed by atoms with Crippen molar-refractivity contribution in [3.8, 4) is 0 Å². The standard InChI is InChI=1S/C18H18O5S/c1-12-3-5-13(6-4-12)16-17(19)23-11-18(16,20)14-7-9-15(10-8-14)24(2,21)22/h3-10,16,20H,11H2,1-2H3. The second-order valence-electron chi connectivity index (χ2n) is 6.17. The zero-order valence-corrected chi connectivity index (χ0v) is 14.2. The van der Waals surface area contributed by atoms with Gasteiger partial charge in [0, 0.05) is 6.26 Å². The van der Waals surface area contributed by atoms with Crippen molar-refractivity contribution in [2.75, 3.05) is 12.9 Å². The minimum absolute atomic E-state index is 0.159. The van der Waals surface area contributed by atoms with Crippen LogP contribution in [0.2, 0.25) is 0 Å².